The third-order valence-electron chi connectivity index (χ3n) is 2.38. The van der Waals surface area contributed by atoms with Crippen LogP contribution in [0.3, 0.4) is 0 Å². The summed E-state index contributed by atoms with van der Waals surface area (Å²) in [6.07, 6.45) is 1.34. The Bertz CT molecular complexity index is 151. The molecule has 0 unspecified atom stereocenters. The highest BCUT2D eigenvalue weighted by molar-refractivity contribution is 8.16. The maximum absolute atomic E-state index is 2.57. The van der Waals surface area contributed by atoms with Crippen LogP contribution in [0.1, 0.15) is 6.42 Å². The van der Waals surface area contributed by atoms with Gasteiger partial charge in [-0.05, 0) is 6.42 Å². The van der Waals surface area contributed by atoms with E-state index in [4.69, 9.17) is 0 Å². The Balaban J connectivity index is 1.53. The molecule has 0 aromatic heterocycles. The second-order valence-corrected chi connectivity index (χ2v) is 8.26. The van der Waals surface area contributed by atoms with Crippen LogP contribution in [0.25, 0.3) is 0 Å². The molecule has 0 radical (unpaired) electrons. The van der Waals surface area contributed by atoms with E-state index in [9.17, 15) is 0 Å². The standard InChI is InChI=1S/C9H18N2S4/c1(2-10-4-12-8-13-5-10)3-11-6-14-9-15-7-11/h1-9H2. The quantitative estimate of drug-likeness (QED) is 0.776. The molecule has 2 heterocycles. The molecule has 0 atom stereocenters. The van der Waals surface area contributed by atoms with Crippen molar-refractivity contribution in [2.45, 2.75) is 6.42 Å². The first-order valence-electron chi connectivity index (χ1n) is 5.21. The van der Waals surface area contributed by atoms with E-state index >= 15 is 0 Å². The molecule has 0 saturated carbocycles. The number of nitrogens with zero attached hydrogens (tertiary/aromatic N) is 2. The molecule has 2 aliphatic heterocycles. The Morgan fingerprint density at radius 2 is 1.07 bits per heavy atom. The minimum Gasteiger partial charge on any atom is -0.285 e. The number of hydrogen-bond donors (Lipinski definition) is 0. The van der Waals surface area contributed by atoms with Crippen molar-refractivity contribution in [2.24, 2.45) is 0 Å². The van der Waals surface area contributed by atoms with Gasteiger partial charge in [-0.1, -0.05) is 0 Å². The van der Waals surface area contributed by atoms with Crippen molar-refractivity contribution in [2.75, 3.05) is 46.8 Å². The van der Waals surface area contributed by atoms with Gasteiger partial charge in [-0.3, -0.25) is 9.80 Å². The molecular formula is C9H18N2S4. The molecule has 0 bridgehead atoms. The van der Waals surface area contributed by atoms with Crippen molar-refractivity contribution >= 4 is 47.0 Å². The van der Waals surface area contributed by atoms with Crippen molar-refractivity contribution < 1.29 is 0 Å². The van der Waals surface area contributed by atoms with Crippen LogP contribution >= 0.6 is 47.0 Å². The predicted octanol–water partition coefficient (Wildman–Crippen LogP) is 2.69. The monoisotopic (exact) mass is 282 g/mol. The average molecular weight is 283 g/mol. The maximum atomic E-state index is 2.57. The fraction of sp³-hybridized carbons (Fsp3) is 1.00. The summed E-state index contributed by atoms with van der Waals surface area (Å²) in [5, 5.41) is 2.58. The van der Waals surface area contributed by atoms with E-state index in [0.717, 1.165) is 0 Å². The van der Waals surface area contributed by atoms with Crippen LogP contribution in [-0.2, 0) is 0 Å². The summed E-state index contributed by atoms with van der Waals surface area (Å²) in [6, 6.07) is 0. The summed E-state index contributed by atoms with van der Waals surface area (Å²) in [6.45, 7) is 2.57. The second kappa shape index (κ2) is 7.61. The summed E-state index contributed by atoms with van der Waals surface area (Å²) in [7, 11) is 0. The van der Waals surface area contributed by atoms with Gasteiger partial charge in [0.1, 0.15) is 0 Å². The minimum atomic E-state index is 1.25. The number of thioether (sulfide) groups is 4. The lowest BCUT2D eigenvalue weighted by Crippen LogP contribution is -2.32. The van der Waals surface area contributed by atoms with E-state index in [1.165, 1.54) is 53.2 Å². The van der Waals surface area contributed by atoms with E-state index in [1.807, 2.05) is 0 Å². The van der Waals surface area contributed by atoms with E-state index < -0.39 is 0 Å². The second-order valence-electron chi connectivity index (χ2n) is 3.71. The van der Waals surface area contributed by atoms with Gasteiger partial charge in [0.15, 0.2) is 0 Å². The minimum absolute atomic E-state index is 1.25. The van der Waals surface area contributed by atoms with Crippen molar-refractivity contribution in [1.82, 2.24) is 9.80 Å². The summed E-state index contributed by atoms with van der Waals surface area (Å²) in [5.74, 6) is 4.99. The van der Waals surface area contributed by atoms with Crippen LogP contribution in [0.5, 0.6) is 0 Å². The van der Waals surface area contributed by atoms with Crippen molar-refractivity contribution in [1.29, 1.82) is 0 Å². The van der Waals surface area contributed by atoms with E-state index in [2.05, 4.69) is 56.8 Å². The largest absolute Gasteiger partial charge is 0.285 e. The molecule has 2 fully saturated rings. The molecular weight excluding hydrogens is 264 g/mol. The molecule has 6 heteroatoms. The number of hydrogen-bond acceptors (Lipinski definition) is 6. The summed E-state index contributed by atoms with van der Waals surface area (Å²) in [4.78, 5) is 5.14. The lowest BCUT2D eigenvalue weighted by molar-refractivity contribution is 0.312. The first-order valence-corrected chi connectivity index (χ1v) is 9.83. The number of rotatable bonds is 4. The molecule has 0 spiro atoms. The van der Waals surface area contributed by atoms with Crippen LogP contribution < -0.4 is 0 Å². The van der Waals surface area contributed by atoms with E-state index in [0.29, 0.717) is 0 Å². The zero-order valence-electron chi connectivity index (χ0n) is 8.89. The molecule has 0 aromatic rings. The normalized spacial score (nSPS) is 25.6. The molecule has 0 amide bonds. The smallest absolute Gasteiger partial charge is 0.0460 e. The zero-order valence-corrected chi connectivity index (χ0v) is 12.2. The van der Waals surface area contributed by atoms with Crippen LogP contribution in [0, 0.1) is 0 Å². The van der Waals surface area contributed by atoms with Gasteiger partial charge >= 0.3 is 0 Å². The molecule has 2 rings (SSSR count). The highest BCUT2D eigenvalue weighted by Gasteiger charge is 2.13. The Hall–Kier alpha value is 1.32. The van der Waals surface area contributed by atoms with Crippen molar-refractivity contribution in [3.05, 3.63) is 0 Å². The molecule has 0 aromatic carbocycles. The van der Waals surface area contributed by atoms with E-state index in [1.54, 1.807) is 0 Å². The molecule has 2 nitrogen and oxygen atoms in total. The third kappa shape index (κ3) is 5.00. The Labute approximate surface area is 110 Å². The lowest BCUT2D eigenvalue weighted by Gasteiger charge is -2.28. The molecule has 2 aliphatic rings. The van der Waals surface area contributed by atoms with Gasteiger partial charge in [0.05, 0.1) is 0 Å². The van der Waals surface area contributed by atoms with Gasteiger partial charge in [0.25, 0.3) is 0 Å². The molecule has 2 saturated heterocycles. The van der Waals surface area contributed by atoms with Crippen LogP contribution in [0.2, 0.25) is 0 Å². The van der Waals surface area contributed by atoms with E-state index in [-0.39, 0.29) is 0 Å². The Morgan fingerprint density at radius 3 is 1.47 bits per heavy atom. The highest BCUT2D eigenvalue weighted by Crippen LogP contribution is 2.23. The fourth-order valence-corrected chi connectivity index (χ4v) is 5.91. The topological polar surface area (TPSA) is 6.48 Å². The van der Waals surface area contributed by atoms with Crippen LogP contribution in [-0.4, -0.2) is 56.6 Å². The lowest BCUT2D eigenvalue weighted by atomic mass is 10.4. The zero-order chi connectivity index (χ0) is 10.3. The summed E-state index contributed by atoms with van der Waals surface area (Å²) in [5.41, 5.74) is 0. The Morgan fingerprint density at radius 1 is 0.667 bits per heavy atom. The third-order valence-corrected chi connectivity index (χ3v) is 7.24. The molecule has 15 heavy (non-hydrogen) atoms. The maximum Gasteiger partial charge on any atom is 0.0460 e. The predicted molar refractivity (Wildman–Crippen MR) is 77.6 cm³/mol. The highest BCUT2D eigenvalue weighted by atomic mass is 32.2. The van der Waals surface area contributed by atoms with Gasteiger partial charge in [0, 0.05) is 46.8 Å². The molecule has 0 aliphatic carbocycles. The van der Waals surface area contributed by atoms with Gasteiger partial charge in [-0.2, -0.15) is 0 Å². The molecule has 88 valence electrons. The average Bonchev–Trinajstić information content (AvgIpc) is 2.32. The van der Waals surface area contributed by atoms with Crippen LogP contribution in [0.15, 0.2) is 0 Å². The summed E-state index contributed by atoms with van der Waals surface area (Å²) < 4.78 is 0. The van der Waals surface area contributed by atoms with Crippen molar-refractivity contribution in [3.63, 3.8) is 0 Å². The van der Waals surface area contributed by atoms with Crippen molar-refractivity contribution in [3.8, 4) is 0 Å². The fourth-order valence-electron chi connectivity index (χ4n) is 1.63. The van der Waals surface area contributed by atoms with Gasteiger partial charge < -0.3 is 0 Å². The first-order chi connectivity index (χ1) is 7.45. The van der Waals surface area contributed by atoms with Gasteiger partial charge in [-0.25, -0.2) is 0 Å². The van der Waals surface area contributed by atoms with Gasteiger partial charge in [0.2, 0.25) is 0 Å². The van der Waals surface area contributed by atoms with Gasteiger partial charge in [-0.15, -0.1) is 47.0 Å². The van der Waals surface area contributed by atoms with Crippen LogP contribution in [0.4, 0.5) is 0 Å². The first kappa shape index (κ1) is 12.8. The Kier molecular flexibility index (Phi) is 6.48. The SMILES string of the molecule is C(CN1CSCSC1)CN1CSCSC1. The summed E-state index contributed by atoms with van der Waals surface area (Å²) >= 11 is 8.22. The molecule has 0 N–H and O–H groups in total.